The average Bonchev–Trinajstić information content (AvgIpc) is 2.77. The minimum absolute atomic E-state index is 0.149. The third kappa shape index (κ3) is 4.42. The van der Waals surface area contributed by atoms with E-state index in [1.165, 1.54) is 0 Å². The van der Waals surface area contributed by atoms with Crippen molar-refractivity contribution in [1.29, 1.82) is 0 Å². The van der Waals surface area contributed by atoms with Crippen molar-refractivity contribution in [3.05, 3.63) is 100 Å². The van der Waals surface area contributed by atoms with E-state index >= 15 is 0 Å². The first-order chi connectivity index (χ1) is 14.1. The van der Waals surface area contributed by atoms with Gasteiger partial charge in [0, 0.05) is 31.9 Å². The molecule has 3 nitrogen and oxygen atoms in total. The third-order valence-electron chi connectivity index (χ3n) is 5.37. The molecule has 1 heterocycles. The number of rotatable bonds is 4. The summed E-state index contributed by atoms with van der Waals surface area (Å²) >= 11 is 12.2. The van der Waals surface area contributed by atoms with Crippen LogP contribution in [-0.4, -0.2) is 37.0 Å². The van der Waals surface area contributed by atoms with Crippen LogP contribution in [0.1, 0.15) is 17.0 Å². The maximum atomic E-state index is 13.5. The first-order valence-electron chi connectivity index (χ1n) is 9.72. The van der Waals surface area contributed by atoms with Crippen molar-refractivity contribution in [3.8, 4) is 0 Å². The van der Waals surface area contributed by atoms with Gasteiger partial charge in [0.05, 0.1) is 16.0 Å². The predicted molar refractivity (Wildman–Crippen MR) is 120 cm³/mol. The Bertz CT molecular complexity index is 931. The highest BCUT2D eigenvalue weighted by Crippen LogP contribution is 2.30. The SMILES string of the molecule is O=C(C(c1ccccc1)c1ccccc1)N1CCN(c2ccc(Cl)c(Cl)c2)CC1. The van der Waals surface area contributed by atoms with Gasteiger partial charge in [-0.2, -0.15) is 0 Å². The van der Waals surface area contributed by atoms with Crippen LogP contribution in [0.3, 0.4) is 0 Å². The van der Waals surface area contributed by atoms with E-state index in [1.807, 2.05) is 83.8 Å². The van der Waals surface area contributed by atoms with Gasteiger partial charge in [-0.05, 0) is 29.3 Å². The van der Waals surface area contributed by atoms with Gasteiger partial charge in [-0.25, -0.2) is 0 Å². The summed E-state index contributed by atoms with van der Waals surface area (Å²) in [6, 6.07) is 25.7. The van der Waals surface area contributed by atoms with Gasteiger partial charge in [-0.3, -0.25) is 4.79 Å². The molecule has 0 saturated carbocycles. The molecule has 0 radical (unpaired) electrons. The number of hydrogen-bond donors (Lipinski definition) is 0. The number of nitrogens with zero attached hydrogens (tertiary/aromatic N) is 2. The molecule has 0 unspecified atom stereocenters. The summed E-state index contributed by atoms with van der Waals surface area (Å²) in [5.74, 6) is -0.134. The number of anilines is 1. The Morgan fingerprint density at radius 3 is 1.79 bits per heavy atom. The van der Waals surface area contributed by atoms with Crippen molar-refractivity contribution in [1.82, 2.24) is 4.90 Å². The number of halogens is 2. The molecule has 0 spiro atoms. The number of piperazine rings is 1. The van der Waals surface area contributed by atoms with E-state index in [9.17, 15) is 4.79 Å². The first kappa shape index (κ1) is 19.8. The lowest BCUT2D eigenvalue weighted by Gasteiger charge is -2.38. The van der Waals surface area contributed by atoms with Crippen molar-refractivity contribution in [2.75, 3.05) is 31.1 Å². The highest BCUT2D eigenvalue weighted by molar-refractivity contribution is 6.42. The van der Waals surface area contributed by atoms with Gasteiger partial charge in [-0.15, -0.1) is 0 Å². The zero-order valence-electron chi connectivity index (χ0n) is 16.0. The molecule has 148 valence electrons. The van der Waals surface area contributed by atoms with E-state index in [-0.39, 0.29) is 11.8 Å². The van der Waals surface area contributed by atoms with E-state index in [2.05, 4.69) is 4.90 Å². The number of carbonyl (C=O) groups is 1. The first-order valence-corrected chi connectivity index (χ1v) is 10.5. The van der Waals surface area contributed by atoms with Crippen LogP contribution in [0, 0.1) is 0 Å². The Kier molecular flexibility index (Phi) is 6.08. The van der Waals surface area contributed by atoms with E-state index in [1.54, 1.807) is 0 Å². The Hall–Kier alpha value is -2.49. The minimum Gasteiger partial charge on any atom is -0.368 e. The second-order valence-electron chi connectivity index (χ2n) is 7.17. The van der Waals surface area contributed by atoms with Gasteiger partial charge in [0.2, 0.25) is 5.91 Å². The van der Waals surface area contributed by atoms with Gasteiger partial charge >= 0.3 is 0 Å². The van der Waals surface area contributed by atoms with Crippen LogP contribution in [0.25, 0.3) is 0 Å². The molecule has 29 heavy (non-hydrogen) atoms. The molecule has 0 bridgehead atoms. The van der Waals surface area contributed by atoms with E-state index < -0.39 is 0 Å². The molecule has 0 aromatic heterocycles. The topological polar surface area (TPSA) is 23.6 Å². The lowest BCUT2D eigenvalue weighted by atomic mass is 9.90. The highest BCUT2D eigenvalue weighted by Gasteiger charge is 2.29. The molecular formula is C24H22Cl2N2O. The molecule has 1 aliphatic heterocycles. The number of amides is 1. The molecule has 1 amide bonds. The average molecular weight is 425 g/mol. The zero-order chi connectivity index (χ0) is 20.2. The predicted octanol–water partition coefficient (Wildman–Crippen LogP) is 5.47. The quantitative estimate of drug-likeness (QED) is 0.553. The summed E-state index contributed by atoms with van der Waals surface area (Å²) in [4.78, 5) is 17.7. The fourth-order valence-electron chi connectivity index (χ4n) is 3.82. The fourth-order valence-corrected chi connectivity index (χ4v) is 4.11. The lowest BCUT2D eigenvalue weighted by molar-refractivity contribution is -0.132. The molecule has 1 aliphatic rings. The monoisotopic (exact) mass is 424 g/mol. The minimum atomic E-state index is -0.283. The second kappa shape index (κ2) is 8.89. The molecule has 3 aromatic rings. The van der Waals surface area contributed by atoms with Crippen LogP contribution in [-0.2, 0) is 4.79 Å². The van der Waals surface area contributed by atoms with Crippen molar-refractivity contribution >= 4 is 34.8 Å². The van der Waals surface area contributed by atoms with Crippen molar-refractivity contribution in [2.24, 2.45) is 0 Å². The van der Waals surface area contributed by atoms with Crippen LogP contribution in [0.4, 0.5) is 5.69 Å². The number of carbonyl (C=O) groups excluding carboxylic acids is 1. The molecule has 0 N–H and O–H groups in total. The Morgan fingerprint density at radius 1 is 0.724 bits per heavy atom. The summed E-state index contributed by atoms with van der Waals surface area (Å²) < 4.78 is 0. The van der Waals surface area contributed by atoms with E-state index in [0.717, 1.165) is 29.9 Å². The third-order valence-corrected chi connectivity index (χ3v) is 6.11. The summed E-state index contributed by atoms with van der Waals surface area (Å²) in [6.45, 7) is 2.88. The molecule has 0 aliphatic carbocycles. The summed E-state index contributed by atoms with van der Waals surface area (Å²) in [5.41, 5.74) is 3.08. The van der Waals surface area contributed by atoms with E-state index in [4.69, 9.17) is 23.2 Å². The summed E-state index contributed by atoms with van der Waals surface area (Å²) in [7, 11) is 0. The molecule has 1 fully saturated rings. The van der Waals surface area contributed by atoms with E-state index in [0.29, 0.717) is 23.1 Å². The number of benzene rings is 3. The maximum absolute atomic E-state index is 13.5. The molecule has 5 heteroatoms. The van der Waals surface area contributed by atoms with Gasteiger partial charge in [0.1, 0.15) is 0 Å². The molecule has 1 saturated heterocycles. The van der Waals surface area contributed by atoms with Gasteiger partial charge in [0.15, 0.2) is 0 Å². The highest BCUT2D eigenvalue weighted by atomic mass is 35.5. The maximum Gasteiger partial charge on any atom is 0.234 e. The molecular weight excluding hydrogens is 403 g/mol. The summed E-state index contributed by atoms with van der Waals surface area (Å²) in [5, 5.41) is 1.11. The van der Waals surface area contributed by atoms with Crippen LogP contribution in [0.15, 0.2) is 78.9 Å². The van der Waals surface area contributed by atoms with Crippen molar-refractivity contribution < 1.29 is 4.79 Å². The van der Waals surface area contributed by atoms with Crippen molar-refractivity contribution in [3.63, 3.8) is 0 Å². The molecule has 0 atom stereocenters. The fraction of sp³-hybridized carbons (Fsp3) is 0.208. The Balaban J connectivity index is 1.51. The Labute approximate surface area is 181 Å². The lowest BCUT2D eigenvalue weighted by Crippen LogP contribution is -2.50. The molecule has 4 rings (SSSR count). The van der Waals surface area contributed by atoms with Gasteiger partial charge in [0.25, 0.3) is 0 Å². The Morgan fingerprint density at radius 2 is 1.28 bits per heavy atom. The normalized spacial score (nSPS) is 14.3. The second-order valence-corrected chi connectivity index (χ2v) is 7.98. The largest absolute Gasteiger partial charge is 0.368 e. The van der Waals surface area contributed by atoms with Crippen LogP contribution in [0.5, 0.6) is 0 Å². The van der Waals surface area contributed by atoms with Gasteiger partial charge < -0.3 is 9.80 Å². The summed E-state index contributed by atoms with van der Waals surface area (Å²) in [6.07, 6.45) is 0. The van der Waals surface area contributed by atoms with Crippen LogP contribution >= 0.6 is 23.2 Å². The van der Waals surface area contributed by atoms with Crippen molar-refractivity contribution in [2.45, 2.75) is 5.92 Å². The van der Waals surface area contributed by atoms with Crippen LogP contribution in [0.2, 0.25) is 10.0 Å². The van der Waals surface area contributed by atoms with Crippen LogP contribution < -0.4 is 4.90 Å². The molecule has 3 aromatic carbocycles. The number of hydrogen-bond acceptors (Lipinski definition) is 2. The van der Waals surface area contributed by atoms with Gasteiger partial charge in [-0.1, -0.05) is 83.9 Å². The zero-order valence-corrected chi connectivity index (χ0v) is 17.5. The standard InChI is InChI=1S/C24H22Cl2N2O/c25-21-12-11-20(17-22(21)26)27-13-15-28(16-14-27)24(29)23(18-7-3-1-4-8-18)19-9-5-2-6-10-19/h1-12,17,23H,13-16H2. The smallest absolute Gasteiger partial charge is 0.234 e.